The Balaban J connectivity index is 2.51. The van der Waals surface area contributed by atoms with Gasteiger partial charge in [0.25, 0.3) is 0 Å². The number of allylic oxidation sites excluding steroid dienone is 3. The summed E-state index contributed by atoms with van der Waals surface area (Å²) in [5.41, 5.74) is 1.04. The van der Waals surface area contributed by atoms with Gasteiger partial charge in [0.1, 0.15) is 5.83 Å². The van der Waals surface area contributed by atoms with Crippen molar-refractivity contribution in [2.45, 2.75) is 12.8 Å². The number of hydrogen-bond acceptors (Lipinski definition) is 1. The zero-order valence-electron chi connectivity index (χ0n) is 6.06. The Bertz CT molecular complexity index is 170. The van der Waals surface area contributed by atoms with Crippen molar-refractivity contribution in [1.29, 1.82) is 0 Å². The lowest BCUT2D eigenvalue weighted by Crippen LogP contribution is -1.97. The molecular formula is C8H11FO. The average molecular weight is 142 g/mol. The number of ether oxygens (including phenoxy) is 1. The van der Waals surface area contributed by atoms with E-state index in [0.717, 1.165) is 18.4 Å². The van der Waals surface area contributed by atoms with Gasteiger partial charge in [-0.15, -0.1) is 0 Å². The van der Waals surface area contributed by atoms with Crippen LogP contribution in [0, 0.1) is 0 Å². The summed E-state index contributed by atoms with van der Waals surface area (Å²) < 4.78 is 17.4. The fourth-order valence-corrected chi connectivity index (χ4v) is 1.02. The third-order valence-corrected chi connectivity index (χ3v) is 1.48. The van der Waals surface area contributed by atoms with E-state index < -0.39 is 0 Å². The Morgan fingerprint density at radius 3 is 3.10 bits per heavy atom. The number of halogens is 1. The highest BCUT2D eigenvalue weighted by atomic mass is 19.1. The molecule has 0 spiro atoms. The van der Waals surface area contributed by atoms with Crippen molar-refractivity contribution in [3.05, 3.63) is 23.6 Å². The summed E-state index contributed by atoms with van der Waals surface area (Å²) in [4.78, 5) is 0. The van der Waals surface area contributed by atoms with Gasteiger partial charge in [0, 0.05) is 7.11 Å². The molecular weight excluding hydrogens is 131 g/mol. The summed E-state index contributed by atoms with van der Waals surface area (Å²) in [6.45, 7) is 0.557. The molecule has 0 bridgehead atoms. The van der Waals surface area contributed by atoms with Crippen LogP contribution in [0.2, 0.25) is 0 Å². The maximum atomic E-state index is 12.5. The van der Waals surface area contributed by atoms with Crippen molar-refractivity contribution in [2.75, 3.05) is 13.7 Å². The van der Waals surface area contributed by atoms with Crippen molar-refractivity contribution in [3.63, 3.8) is 0 Å². The third kappa shape index (κ3) is 1.95. The van der Waals surface area contributed by atoms with E-state index in [1.807, 2.05) is 0 Å². The van der Waals surface area contributed by atoms with E-state index >= 15 is 0 Å². The standard InChI is InChI=1S/C8H11FO/c1-10-6-7-3-2-4-8(9)5-7/h4-5H,2-3,6H2,1H3. The van der Waals surface area contributed by atoms with Crippen LogP contribution in [0.25, 0.3) is 0 Å². The van der Waals surface area contributed by atoms with Gasteiger partial charge < -0.3 is 4.74 Å². The van der Waals surface area contributed by atoms with Gasteiger partial charge >= 0.3 is 0 Å². The van der Waals surface area contributed by atoms with Gasteiger partial charge in [-0.2, -0.15) is 0 Å². The van der Waals surface area contributed by atoms with E-state index in [1.54, 1.807) is 19.3 Å². The van der Waals surface area contributed by atoms with E-state index in [4.69, 9.17) is 4.74 Å². The first-order chi connectivity index (χ1) is 4.83. The van der Waals surface area contributed by atoms with Crippen molar-refractivity contribution < 1.29 is 9.13 Å². The van der Waals surface area contributed by atoms with Crippen LogP contribution in [0.4, 0.5) is 4.39 Å². The van der Waals surface area contributed by atoms with Crippen LogP contribution in [-0.2, 0) is 4.74 Å². The smallest absolute Gasteiger partial charge is 0.119 e. The molecule has 1 aliphatic carbocycles. The molecule has 0 unspecified atom stereocenters. The van der Waals surface area contributed by atoms with Gasteiger partial charge in [-0.1, -0.05) is 0 Å². The minimum atomic E-state index is -0.127. The molecule has 56 valence electrons. The largest absolute Gasteiger partial charge is 0.380 e. The second kappa shape index (κ2) is 3.52. The van der Waals surface area contributed by atoms with Crippen molar-refractivity contribution in [3.8, 4) is 0 Å². The Kier molecular flexibility index (Phi) is 2.63. The molecule has 0 radical (unpaired) electrons. The molecule has 0 aromatic rings. The summed E-state index contributed by atoms with van der Waals surface area (Å²) in [5, 5.41) is 0. The summed E-state index contributed by atoms with van der Waals surface area (Å²) >= 11 is 0. The second-order valence-corrected chi connectivity index (χ2v) is 2.36. The summed E-state index contributed by atoms with van der Waals surface area (Å²) in [5.74, 6) is -0.127. The van der Waals surface area contributed by atoms with Crippen molar-refractivity contribution in [1.82, 2.24) is 0 Å². The third-order valence-electron chi connectivity index (χ3n) is 1.48. The lowest BCUT2D eigenvalue weighted by Gasteiger charge is -2.07. The molecule has 2 heteroatoms. The fourth-order valence-electron chi connectivity index (χ4n) is 1.02. The average Bonchev–Trinajstić information content (AvgIpc) is 1.88. The predicted octanol–water partition coefficient (Wildman–Crippen LogP) is 2.21. The molecule has 0 N–H and O–H groups in total. The molecule has 0 amide bonds. The van der Waals surface area contributed by atoms with Gasteiger partial charge in [0.05, 0.1) is 6.61 Å². The summed E-state index contributed by atoms with van der Waals surface area (Å²) in [6.07, 6.45) is 4.88. The molecule has 0 fully saturated rings. The van der Waals surface area contributed by atoms with Gasteiger partial charge in [0.15, 0.2) is 0 Å². The Hall–Kier alpha value is -0.630. The first kappa shape index (κ1) is 7.48. The second-order valence-electron chi connectivity index (χ2n) is 2.36. The van der Waals surface area contributed by atoms with Crippen LogP contribution in [0.3, 0.4) is 0 Å². The minimum Gasteiger partial charge on any atom is -0.380 e. The number of rotatable bonds is 2. The Morgan fingerprint density at radius 2 is 2.50 bits per heavy atom. The van der Waals surface area contributed by atoms with Crippen LogP contribution in [0.1, 0.15) is 12.8 Å². The Labute approximate surface area is 60.2 Å². The molecule has 0 saturated carbocycles. The first-order valence-electron chi connectivity index (χ1n) is 3.37. The SMILES string of the molecule is COCC1=CC(F)=CCC1. The normalized spacial score (nSPS) is 18.2. The summed E-state index contributed by atoms with van der Waals surface area (Å²) in [7, 11) is 1.62. The molecule has 10 heavy (non-hydrogen) atoms. The molecule has 1 nitrogen and oxygen atoms in total. The zero-order chi connectivity index (χ0) is 7.40. The molecule has 0 saturated heterocycles. The molecule has 1 rings (SSSR count). The van der Waals surface area contributed by atoms with Crippen LogP contribution in [-0.4, -0.2) is 13.7 Å². The van der Waals surface area contributed by atoms with Gasteiger partial charge in [0.2, 0.25) is 0 Å². The first-order valence-corrected chi connectivity index (χ1v) is 3.37. The van der Waals surface area contributed by atoms with E-state index in [1.165, 1.54) is 0 Å². The highest BCUT2D eigenvalue weighted by Crippen LogP contribution is 2.17. The van der Waals surface area contributed by atoms with Crippen molar-refractivity contribution >= 4 is 0 Å². The minimum absolute atomic E-state index is 0.127. The lowest BCUT2D eigenvalue weighted by atomic mass is 10.1. The van der Waals surface area contributed by atoms with Crippen LogP contribution < -0.4 is 0 Å². The molecule has 0 heterocycles. The molecule has 0 aromatic carbocycles. The van der Waals surface area contributed by atoms with Gasteiger partial charge in [-0.05, 0) is 30.6 Å². The predicted molar refractivity (Wildman–Crippen MR) is 38.4 cm³/mol. The topological polar surface area (TPSA) is 9.23 Å². The number of methoxy groups -OCH3 is 1. The monoisotopic (exact) mass is 142 g/mol. The van der Waals surface area contributed by atoms with Gasteiger partial charge in [-0.25, -0.2) is 4.39 Å². The van der Waals surface area contributed by atoms with E-state index in [9.17, 15) is 4.39 Å². The van der Waals surface area contributed by atoms with E-state index in [-0.39, 0.29) is 5.83 Å². The van der Waals surface area contributed by atoms with Crippen LogP contribution in [0.15, 0.2) is 23.6 Å². The molecule has 0 aromatic heterocycles. The maximum absolute atomic E-state index is 12.5. The van der Waals surface area contributed by atoms with Crippen molar-refractivity contribution in [2.24, 2.45) is 0 Å². The van der Waals surface area contributed by atoms with Gasteiger partial charge in [-0.3, -0.25) is 0 Å². The highest BCUT2D eigenvalue weighted by molar-refractivity contribution is 5.22. The van der Waals surface area contributed by atoms with Crippen LogP contribution in [0.5, 0.6) is 0 Å². The van der Waals surface area contributed by atoms with E-state index in [0.29, 0.717) is 6.61 Å². The molecule has 0 aliphatic heterocycles. The van der Waals surface area contributed by atoms with E-state index in [2.05, 4.69) is 0 Å². The summed E-state index contributed by atoms with van der Waals surface area (Å²) in [6, 6.07) is 0. The molecule has 0 atom stereocenters. The zero-order valence-corrected chi connectivity index (χ0v) is 6.06. The lowest BCUT2D eigenvalue weighted by molar-refractivity contribution is 0.222. The van der Waals surface area contributed by atoms with Crippen LogP contribution >= 0.6 is 0 Å². The fraction of sp³-hybridized carbons (Fsp3) is 0.500. The number of hydrogen-bond donors (Lipinski definition) is 0. The highest BCUT2D eigenvalue weighted by Gasteiger charge is 2.03. The molecule has 1 aliphatic rings. The Morgan fingerprint density at radius 1 is 1.70 bits per heavy atom. The maximum Gasteiger partial charge on any atom is 0.119 e. The quantitative estimate of drug-likeness (QED) is 0.574.